The van der Waals surface area contributed by atoms with Crippen molar-refractivity contribution in [1.82, 2.24) is 0 Å². The summed E-state index contributed by atoms with van der Waals surface area (Å²) in [6.07, 6.45) is 1.18. The number of nitrogens with two attached hydrogens (primary N) is 1. The second-order valence-corrected chi connectivity index (χ2v) is 5.86. The minimum atomic E-state index is 0.0864. The van der Waals surface area contributed by atoms with Gasteiger partial charge in [0.1, 0.15) is 0 Å². The summed E-state index contributed by atoms with van der Waals surface area (Å²) in [7, 11) is 0. The van der Waals surface area contributed by atoms with Crippen LogP contribution in [0.4, 0.5) is 0 Å². The monoisotopic (exact) mass is 271 g/mol. The SMILES string of the molecule is Cc1ccc(C(N)C2CC2c2ccccc2)cc1Cl. The normalized spacial score (nSPS) is 23.1. The molecule has 0 aliphatic heterocycles. The third kappa shape index (κ3) is 2.54. The molecule has 1 aliphatic rings. The Morgan fingerprint density at radius 2 is 1.89 bits per heavy atom. The molecular formula is C17H18ClN. The van der Waals surface area contributed by atoms with E-state index in [0.717, 1.165) is 16.1 Å². The van der Waals surface area contributed by atoms with Crippen LogP contribution in [-0.4, -0.2) is 0 Å². The first-order chi connectivity index (χ1) is 9.16. The average Bonchev–Trinajstić information content (AvgIpc) is 3.22. The van der Waals surface area contributed by atoms with Gasteiger partial charge < -0.3 is 5.73 Å². The number of benzene rings is 2. The van der Waals surface area contributed by atoms with Crippen molar-refractivity contribution in [2.75, 3.05) is 0 Å². The van der Waals surface area contributed by atoms with Crippen LogP contribution < -0.4 is 5.73 Å². The lowest BCUT2D eigenvalue weighted by Gasteiger charge is -2.13. The first-order valence-electron chi connectivity index (χ1n) is 6.73. The molecule has 3 unspecified atom stereocenters. The predicted octanol–water partition coefficient (Wildman–Crippen LogP) is 4.45. The Balaban J connectivity index is 1.76. The van der Waals surface area contributed by atoms with Crippen molar-refractivity contribution in [3.63, 3.8) is 0 Å². The quantitative estimate of drug-likeness (QED) is 0.877. The summed E-state index contributed by atoms with van der Waals surface area (Å²) >= 11 is 6.18. The third-order valence-electron chi connectivity index (χ3n) is 4.11. The molecule has 98 valence electrons. The van der Waals surface area contributed by atoms with Crippen molar-refractivity contribution in [1.29, 1.82) is 0 Å². The van der Waals surface area contributed by atoms with Gasteiger partial charge >= 0.3 is 0 Å². The molecule has 0 saturated heterocycles. The van der Waals surface area contributed by atoms with Crippen LogP contribution in [0, 0.1) is 12.8 Å². The maximum absolute atomic E-state index is 6.39. The molecule has 0 radical (unpaired) electrons. The summed E-state index contributed by atoms with van der Waals surface area (Å²) in [4.78, 5) is 0. The topological polar surface area (TPSA) is 26.0 Å². The van der Waals surface area contributed by atoms with Gasteiger partial charge in [-0.15, -0.1) is 0 Å². The molecule has 3 rings (SSSR count). The van der Waals surface area contributed by atoms with Gasteiger partial charge in [0.25, 0.3) is 0 Å². The lowest BCUT2D eigenvalue weighted by molar-refractivity contribution is 0.615. The van der Waals surface area contributed by atoms with Crippen LogP contribution in [0.1, 0.15) is 35.1 Å². The lowest BCUT2D eigenvalue weighted by atomic mass is 9.99. The van der Waals surface area contributed by atoms with Gasteiger partial charge in [-0.1, -0.05) is 54.1 Å². The molecule has 1 saturated carbocycles. The Kier molecular flexibility index (Phi) is 3.34. The van der Waals surface area contributed by atoms with E-state index in [9.17, 15) is 0 Å². The summed E-state index contributed by atoms with van der Waals surface area (Å²) in [6, 6.07) is 16.9. The van der Waals surface area contributed by atoms with Gasteiger partial charge in [0, 0.05) is 11.1 Å². The molecule has 1 nitrogen and oxygen atoms in total. The average molecular weight is 272 g/mol. The fraction of sp³-hybridized carbons (Fsp3) is 0.294. The van der Waals surface area contributed by atoms with E-state index in [4.69, 9.17) is 17.3 Å². The standard InChI is InChI=1S/C17H18ClN/c1-11-7-8-13(9-16(11)18)17(19)15-10-14(15)12-5-3-2-4-6-12/h2-9,14-15,17H,10,19H2,1H3. The molecule has 2 aromatic carbocycles. The van der Waals surface area contributed by atoms with Gasteiger partial charge in [-0.2, -0.15) is 0 Å². The van der Waals surface area contributed by atoms with Crippen LogP contribution in [0.25, 0.3) is 0 Å². The molecule has 2 heteroatoms. The molecule has 1 aliphatic carbocycles. The highest BCUT2D eigenvalue weighted by Gasteiger charge is 2.42. The van der Waals surface area contributed by atoms with Gasteiger partial charge in [0.2, 0.25) is 0 Å². The highest BCUT2D eigenvalue weighted by atomic mass is 35.5. The largest absolute Gasteiger partial charge is 0.324 e. The smallest absolute Gasteiger partial charge is 0.0438 e. The Labute approximate surface area is 119 Å². The maximum atomic E-state index is 6.39. The first kappa shape index (κ1) is 12.7. The maximum Gasteiger partial charge on any atom is 0.0438 e. The van der Waals surface area contributed by atoms with Crippen molar-refractivity contribution in [2.45, 2.75) is 25.3 Å². The lowest BCUT2D eigenvalue weighted by Crippen LogP contribution is -2.13. The number of rotatable bonds is 3. The second kappa shape index (κ2) is 4.99. The van der Waals surface area contributed by atoms with Crippen molar-refractivity contribution in [2.24, 2.45) is 11.7 Å². The fourth-order valence-corrected chi connectivity index (χ4v) is 2.95. The van der Waals surface area contributed by atoms with Crippen molar-refractivity contribution < 1.29 is 0 Å². The molecular weight excluding hydrogens is 254 g/mol. The van der Waals surface area contributed by atoms with E-state index in [0.29, 0.717) is 11.8 Å². The van der Waals surface area contributed by atoms with Crippen LogP contribution in [-0.2, 0) is 0 Å². The minimum absolute atomic E-state index is 0.0864. The van der Waals surface area contributed by atoms with E-state index in [1.54, 1.807) is 0 Å². The summed E-state index contributed by atoms with van der Waals surface area (Å²) in [5, 5.41) is 0.810. The zero-order chi connectivity index (χ0) is 13.4. The van der Waals surface area contributed by atoms with Gasteiger partial charge in [0.05, 0.1) is 0 Å². The Hall–Kier alpha value is -1.31. The zero-order valence-corrected chi connectivity index (χ0v) is 11.8. The number of halogens is 1. The van der Waals surface area contributed by atoms with Crippen LogP contribution in [0.3, 0.4) is 0 Å². The van der Waals surface area contributed by atoms with E-state index >= 15 is 0 Å². The van der Waals surface area contributed by atoms with Gasteiger partial charge in [-0.05, 0) is 47.9 Å². The van der Waals surface area contributed by atoms with Crippen molar-refractivity contribution >= 4 is 11.6 Å². The van der Waals surface area contributed by atoms with Gasteiger partial charge in [-0.25, -0.2) is 0 Å². The summed E-state index contributed by atoms with van der Waals surface area (Å²) in [6.45, 7) is 2.02. The van der Waals surface area contributed by atoms with Crippen LogP contribution in [0.5, 0.6) is 0 Å². The summed E-state index contributed by atoms with van der Waals surface area (Å²) in [5.41, 5.74) is 10.0. The van der Waals surface area contributed by atoms with Crippen LogP contribution >= 0.6 is 11.6 Å². The van der Waals surface area contributed by atoms with Crippen LogP contribution in [0.15, 0.2) is 48.5 Å². The Morgan fingerprint density at radius 3 is 2.58 bits per heavy atom. The zero-order valence-electron chi connectivity index (χ0n) is 11.0. The van der Waals surface area contributed by atoms with Crippen molar-refractivity contribution in [3.8, 4) is 0 Å². The fourth-order valence-electron chi connectivity index (χ4n) is 2.76. The molecule has 3 atom stereocenters. The summed E-state index contributed by atoms with van der Waals surface area (Å²) in [5.74, 6) is 1.15. The molecule has 0 aromatic heterocycles. The van der Waals surface area contributed by atoms with Gasteiger partial charge in [0.15, 0.2) is 0 Å². The Morgan fingerprint density at radius 1 is 1.16 bits per heavy atom. The van der Waals surface area contributed by atoms with E-state index < -0.39 is 0 Å². The number of hydrogen-bond donors (Lipinski definition) is 1. The van der Waals surface area contributed by atoms with E-state index in [2.05, 4.69) is 42.5 Å². The Bertz CT molecular complexity index is 579. The molecule has 0 heterocycles. The molecule has 0 spiro atoms. The van der Waals surface area contributed by atoms with E-state index in [-0.39, 0.29) is 6.04 Å². The predicted molar refractivity (Wildman–Crippen MR) is 80.4 cm³/mol. The molecule has 19 heavy (non-hydrogen) atoms. The van der Waals surface area contributed by atoms with E-state index in [1.165, 1.54) is 12.0 Å². The highest BCUT2D eigenvalue weighted by Crippen LogP contribution is 2.53. The first-order valence-corrected chi connectivity index (χ1v) is 7.11. The minimum Gasteiger partial charge on any atom is -0.324 e. The molecule has 1 fully saturated rings. The molecule has 2 N–H and O–H groups in total. The molecule has 2 aromatic rings. The third-order valence-corrected chi connectivity index (χ3v) is 4.52. The second-order valence-electron chi connectivity index (χ2n) is 5.45. The number of hydrogen-bond acceptors (Lipinski definition) is 1. The highest BCUT2D eigenvalue weighted by molar-refractivity contribution is 6.31. The molecule has 0 bridgehead atoms. The van der Waals surface area contributed by atoms with Gasteiger partial charge in [-0.3, -0.25) is 0 Å². The summed E-state index contributed by atoms with van der Waals surface area (Å²) < 4.78 is 0. The number of aryl methyl sites for hydroxylation is 1. The molecule has 0 amide bonds. The van der Waals surface area contributed by atoms with Crippen molar-refractivity contribution in [3.05, 3.63) is 70.2 Å². The van der Waals surface area contributed by atoms with E-state index in [1.807, 2.05) is 13.0 Å². The van der Waals surface area contributed by atoms with Crippen LogP contribution in [0.2, 0.25) is 5.02 Å².